The molecule has 43 heavy (non-hydrogen) atoms. The number of carbonyl (C=O) groups excluding carboxylic acids is 1. The zero-order chi connectivity index (χ0) is 29.8. The predicted molar refractivity (Wildman–Crippen MR) is 158 cm³/mol. The Morgan fingerprint density at radius 3 is 2.23 bits per heavy atom. The number of halogens is 3. The number of amides is 1. The summed E-state index contributed by atoms with van der Waals surface area (Å²) in [5, 5.41) is 3.21. The van der Waals surface area contributed by atoms with Gasteiger partial charge in [0.1, 0.15) is 17.6 Å². The standard InChI is InChI=1S/C34H38F3N3O3/c35-34(36,37)27-8-4-7-25(19-27)23-40-17-13-29(14-18-40)42-30-9-10-31-26(20-30)21-32(43-31)33(41)38-28-11-15-39(16-12-28)22-24-5-2-1-3-6-24/h1-10,19-20,28-29,32H,11-18,21-23H2,(H,38,41). The molecule has 228 valence electrons. The van der Waals surface area contributed by atoms with E-state index in [1.807, 2.05) is 24.3 Å². The number of nitrogens with one attached hydrogen (secondary N) is 1. The van der Waals surface area contributed by atoms with E-state index < -0.39 is 17.8 Å². The number of fused-ring (bicyclic) bond motifs is 1. The maximum Gasteiger partial charge on any atom is 0.416 e. The Bertz CT molecular complexity index is 1380. The first-order valence-corrected chi connectivity index (χ1v) is 15.2. The van der Waals surface area contributed by atoms with E-state index in [4.69, 9.17) is 9.47 Å². The minimum atomic E-state index is -4.33. The molecule has 0 spiro atoms. The van der Waals surface area contributed by atoms with Crippen molar-refractivity contribution in [3.8, 4) is 11.5 Å². The van der Waals surface area contributed by atoms with Gasteiger partial charge in [0.2, 0.25) is 0 Å². The van der Waals surface area contributed by atoms with Crippen LogP contribution < -0.4 is 14.8 Å². The monoisotopic (exact) mass is 593 g/mol. The maximum absolute atomic E-state index is 13.1. The van der Waals surface area contributed by atoms with Crippen LogP contribution in [0.5, 0.6) is 11.5 Å². The first-order chi connectivity index (χ1) is 20.8. The van der Waals surface area contributed by atoms with Crippen molar-refractivity contribution in [2.75, 3.05) is 26.2 Å². The molecule has 1 amide bonds. The van der Waals surface area contributed by atoms with Crippen LogP contribution >= 0.6 is 0 Å². The van der Waals surface area contributed by atoms with E-state index in [0.717, 1.165) is 81.5 Å². The van der Waals surface area contributed by atoms with Crippen molar-refractivity contribution in [1.82, 2.24) is 15.1 Å². The summed E-state index contributed by atoms with van der Waals surface area (Å²) in [6, 6.07) is 21.9. The van der Waals surface area contributed by atoms with Crippen LogP contribution in [-0.4, -0.2) is 60.1 Å². The van der Waals surface area contributed by atoms with Gasteiger partial charge in [0.25, 0.3) is 5.91 Å². The Kier molecular flexibility index (Phi) is 8.90. The fraction of sp³-hybridized carbons (Fsp3) is 0.441. The molecule has 0 saturated carbocycles. The zero-order valence-corrected chi connectivity index (χ0v) is 24.2. The number of hydrogen-bond donors (Lipinski definition) is 1. The Hall–Kier alpha value is -3.56. The lowest BCUT2D eigenvalue weighted by Crippen LogP contribution is -2.48. The lowest BCUT2D eigenvalue weighted by atomic mass is 10.0. The Labute approximate surface area is 250 Å². The second-order valence-electron chi connectivity index (χ2n) is 11.9. The molecular weight excluding hydrogens is 555 g/mol. The molecule has 2 fully saturated rings. The summed E-state index contributed by atoms with van der Waals surface area (Å²) in [5.41, 5.74) is 2.34. The minimum absolute atomic E-state index is 0.0324. The van der Waals surface area contributed by atoms with Crippen molar-refractivity contribution < 1.29 is 27.4 Å². The van der Waals surface area contributed by atoms with Crippen molar-refractivity contribution in [2.45, 2.75) is 69.6 Å². The third kappa shape index (κ3) is 7.70. The largest absolute Gasteiger partial charge is 0.490 e. The van der Waals surface area contributed by atoms with Crippen LogP contribution in [0.25, 0.3) is 0 Å². The molecule has 1 N–H and O–H groups in total. The second-order valence-corrected chi connectivity index (χ2v) is 11.9. The van der Waals surface area contributed by atoms with Crippen molar-refractivity contribution in [3.63, 3.8) is 0 Å². The summed E-state index contributed by atoms with van der Waals surface area (Å²) in [4.78, 5) is 17.6. The molecule has 1 atom stereocenters. The number of ether oxygens (including phenoxy) is 2. The molecule has 0 bridgehead atoms. The lowest BCUT2D eigenvalue weighted by Gasteiger charge is -2.32. The quantitative estimate of drug-likeness (QED) is 0.356. The lowest BCUT2D eigenvalue weighted by molar-refractivity contribution is -0.137. The summed E-state index contributed by atoms with van der Waals surface area (Å²) in [6.45, 7) is 4.84. The molecule has 6 nitrogen and oxygen atoms in total. The van der Waals surface area contributed by atoms with Crippen molar-refractivity contribution >= 4 is 5.91 Å². The van der Waals surface area contributed by atoms with Gasteiger partial charge in [-0.1, -0.05) is 48.5 Å². The SMILES string of the molecule is O=C(NC1CCN(Cc2ccccc2)CC1)C1Cc2cc(OC3CCN(Cc4cccc(C(F)(F)F)c4)CC3)ccc2O1. The molecule has 0 aliphatic carbocycles. The highest BCUT2D eigenvalue weighted by molar-refractivity contribution is 5.82. The second kappa shape index (κ2) is 13.0. The van der Waals surface area contributed by atoms with E-state index in [1.54, 1.807) is 6.07 Å². The summed E-state index contributed by atoms with van der Waals surface area (Å²) in [7, 11) is 0. The molecule has 3 heterocycles. The molecule has 3 aliphatic heterocycles. The molecule has 0 radical (unpaired) electrons. The van der Waals surface area contributed by atoms with Gasteiger partial charge in [0.05, 0.1) is 5.56 Å². The summed E-state index contributed by atoms with van der Waals surface area (Å²) in [6.07, 6.45) is -0.882. The molecule has 0 aromatic heterocycles. The van der Waals surface area contributed by atoms with E-state index in [-0.39, 0.29) is 18.1 Å². The zero-order valence-electron chi connectivity index (χ0n) is 24.2. The Morgan fingerprint density at radius 1 is 0.837 bits per heavy atom. The summed E-state index contributed by atoms with van der Waals surface area (Å²) < 4.78 is 51.4. The van der Waals surface area contributed by atoms with Crippen molar-refractivity contribution in [1.29, 1.82) is 0 Å². The fourth-order valence-electron chi connectivity index (χ4n) is 6.30. The number of alkyl halides is 3. The highest BCUT2D eigenvalue weighted by atomic mass is 19.4. The van der Waals surface area contributed by atoms with Crippen LogP contribution in [0.3, 0.4) is 0 Å². The highest BCUT2D eigenvalue weighted by Gasteiger charge is 2.33. The van der Waals surface area contributed by atoms with Gasteiger partial charge in [-0.2, -0.15) is 13.2 Å². The normalized spacial score (nSPS) is 20.4. The molecule has 1 unspecified atom stereocenters. The average Bonchev–Trinajstić information content (AvgIpc) is 3.43. The number of carbonyl (C=O) groups is 1. The summed E-state index contributed by atoms with van der Waals surface area (Å²) >= 11 is 0. The van der Waals surface area contributed by atoms with Crippen LogP contribution in [0.4, 0.5) is 13.2 Å². The molecule has 9 heteroatoms. The van der Waals surface area contributed by atoms with Gasteiger partial charge in [-0.25, -0.2) is 0 Å². The number of nitrogens with zero attached hydrogens (tertiary/aromatic N) is 2. The highest BCUT2D eigenvalue weighted by Crippen LogP contribution is 2.34. The first-order valence-electron chi connectivity index (χ1n) is 15.2. The topological polar surface area (TPSA) is 54.0 Å². The van der Waals surface area contributed by atoms with Crippen LogP contribution in [0.2, 0.25) is 0 Å². The van der Waals surface area contributed by atoms with E-state index in [2.05, 4.69) is 39.4 Å². The van der Waals surface area contributed by atoms with E-state index >= 15 is 0 Å². The van der Waals surface area contributed by atoms with Gasteiger partial charge in [0, 0.05) is 57.3 Å². The van der Waals surface area contributed by atoms with Gasteiger partial charge in [-0.05, 0) is 61.1 Å². The summed E-state index contributed by atoms with van der Waals surface area (Å²) in [5.74, 6) is 1.42. The van der Waals surface area contributed by atoms with Gasteiger partial charge >= 0.3 is 6.18 Å². The van der Waals surface area contributed by atoms with Gasteiger partial charge < -0.3 is 14.8 Å². The third-order valence-corrected chi connectivity index (χ3v) is 8.68. The number of rotatable bonds is 8. The Balaban J connectivity index is 0.936. The van der Waals surface area contributed by atoms with Crippen LogP contribution in [0.1, 0.15) is 47.9 Å². The minimum Gasteiger partial charge on any atom is -0.490 e. The van der Waals surface area contributed by atoms with E-state index in [9.17, 15) is 18.0 Å². The average molecular weight is 594 g/mol. The maximum atomic E-state index is 13.1. The van der Waals surface area contributed by atoms with Crippen molar-refractivity contribution in [3.05, 3.63) is 95.1 Å². The van der Waals surface area contributed by atoms with E-state index in [0.29, 0.717) is 18.5 Å². The van der Waals surface area contributed by atoms with E-state index in [1.165, 1.54) is 17.7 Å². The molecule has 3 aromatic rings. The van der Waals surface area contributed by atoms with Crippen LogP contribution in [0, 0.1) is 0 Å². The van der Waals surface area contributed by atoms with Crippen LogP contribution in [-0.2, 0) is 30.5 Å². The molecular formula is C34H38F3N3O3. The predicted octanol–water partition coefficient (Wildman–Crippen LogP) is 5.83. The Morgan fingerprint density at radius 2 is 1.51 bits per heavy atom. The van der Waals surface area contributed by atoms with Gasteiger partial charge in [-0.15, -0.1) is 0 Å². The number of piperidine rings is 2. The number of benzene rings is 3. The fourth-order valence-corrected chi connectivity index (χ4v) is 6.30. The first kappa shape index (κ1) is 29.5. The van der Waals surface area contributed by atoms with Gasteiger partial charge in [0.15, 0.2) is 6.10 Å². The molecule has 2 saturated heterocycles. The molecule has 6 rings (SSSR count). The molecule has 3 aromatic carbocycles. The van der Waals surface area contributed by atoms with Crippen molar-refractivity contribution in [2.24, 2.45) is 0 Å². The number of hydrogen-bond acceptors (Lipinski definition) is 5. The third-order valence-electron chi connectivity index (χ3n) is 8.68. The van der Waals surface area contributed by atoms with Gasteiger partial charge in [-0.3, -0.25) is 14.6 Å². The molecule has 3 aliphatic rings. The smallest absolute Gasteiger partial charge is 0.416 e. The van der Waals surface area contributed by atoms with Crippen LogP contribution in [0.15, 0.2) is 72.8 Å². The number of likely N-dealkylation sites (tertiary alicyclic amines) is 2.